The zero-order valence-corrected chi connectivity index (χ0v) is 8.46. The number of carbonyl (C=O) groups excluding carboxylic acids is 1. The molecule has 74 valence electrons. The number of hydrogen-bond donors (Lipinski definition) is 0. The SMILES string of the molecule is [2H]C12CC(CN1C(=O)OC(C)(C)C)C2. The van der Waals surface area contributed by atoms with Gasteiger partial charge in [0.15, 0.2) is 0 Å². The maximum atomic E-state index is 11.7. The summed E-state index contributed by atoms with van der Waals surface area (Å²) in [6.45, 7) is 6.25. The van der Waals surface area contributed by atoms with Crippen LogP contribution in [0.5, 0.6) is 0 Å². The molecule has 0 atom stereocenters. The Labute approximate surface area is 80.5 Å². The highest BCUT2D eigenvalue weighted by Gasteiger charge is 2.46. The molecule has 3 fully saturated rings. The summed E-state index contributed by atoms with van der Waals surface area (Å²) in [5.41, 5.74) is -0.458. The summed E-state index contributed by atoms with van der Waals surface area (Å²) in [4.78, 5) is 13.3. The molecule has 3 heteroatoms. The zero-order chi connectivity index (χ0) is 10.6. The lowest BCUT2D eigenvalue weighted by Gasteiger charge is -2.28. The first-order valence-electron chi connectivity index (χ1n) is 5.31. The molecule has 1 saturated carbocycles. The molecular weight excluding hydrogens is 166 g/mol. The summed E-state index contributed by atoms with van der Waals surface area (Å²) in [6, 6.07) is -0.646. The van der Waals surface area contributed by atoms with Gasteiger partial charge < -0.3 is 9.64 Å². The van der Waals surface area contributed by atoms with E-state index in [1.165, 1.54) is 0 Å². The minimum Gasteiger partial charge on any atom is -0.444 e. The van der Waals surface area contributed by atoms with Crippen molar-refractivity contribution in [2.45, 2.75) is 45.2 Å². The van der Waals surface area contributed by atoms with E-state index in [2.05, 4.69) is 0 Å². The predicted molar refractivity (Wildman–Crippen MR) is 49.5 cm³/mol. The smallest absolute Gasteiger partial charge is 0.410 e. The number of amides is 1. The summed E-state index contributed by atoms with van der Waals surface area (Å²) in [6.07, 6.45) is 1.32. The standard InChI is InChI=1S/C10H17NO2/c1-10(2,3)13-9(12)11-6-7-4-8(11)5-7/h7-8H,4-6H2,1-3H3/i8D. The Morgan fingerprint density at radius 1 is 1.54 bits per heavy atom. The van der Waals surface area contributed by atoms with Crippen LogP contribution in [-0.4, -0.2) is 29.2 Å². The fraction of sp³-hybridized carbons (Fsp3) is 0.900. The minimum absolute atomic E-state index is 0.326. The molecule has 1 aliphatic carbocycles. The van der Waals surface area contributed by atoms with E-state index in [9.17, 15) is 4.79 Å². The number of ether oxygens (including phenoxy) is 1. The van der Waals surface area contributed by atoms with Crippen LogP contribution in [0.4, 0.5) is 4.79 Å². The average molecular weight is 184 g/mol. The number of rotatable bonds is 0. The second kappa shape index (κ2) is 2.63. The fourth-order valence-electron chi connectivity index (χ4n) is 1.86. The number of carbonyl (C=O) groups is 1. The summed E-state index contributed by atoms with van der Waals surface area (Å²) >= 11 is 0. The van der Waals surface area contributed by atoms with E-state index in [1.54, 1.807) is 4.90 Å². The average Bonchev–Trinajstić information content (AvgIpc) is 2.35. The van der Waals surface area contributed by atoms with Gasteiger partial charge in [-0.3, -0.25) is 0 Å². The Morgan fingerprint density at radius 2 is 2.15 bits per heavy atom. The van der Waals surface area contributed by atoms with E-state index < -0.39 is 11.6 Å². The van der Waals surface area contributed by atoms with Crippen LogP contribution in [0, 0.1) is 5.92 Å². The highest BCUT2D eigenvalue weighted by atomic mass is 16.6. The molecular formula is C10H17NO2. The van der Waals surface area contributed by atoms with E-state index in [0.29, 0.717) is 12.5 Å². The third-order valence-corrected chi connectivity index (χ3v) is 2.48. The normalized spacial score (nSPS) is 38.2. The summed E-state index contributed by atoms with van der Waals surface area (Å²) in [5, 5.41) is 0. The van der Waals surface area contributed by atoms with Gasteiger partial charge in [-0.05, 0) is 39.5 Å². The Morgan fingerprint density at radius 3 is 2.54 bits per heavy atom. The van der Waals surface area contributed by atoms with E-state index in [-0.39, 0.29) is 6.09 Å². The highest BCUT2D eigenvalue weighted by molar-refractivity contribution is 5.69. The third-order valence-electron chi connectivity index (χ3n) is 2.48. The van der Waals surface area contributed by atoms with Gasteiger partial charge in [0.1, 0.15) is 5.60 Å². The Hall–Kier alpha value is -0.730. The van der Waals surface area contributed by atoms with Crippen LogP contribution >= 0.6 is 0 Å². The van der Waals surface area contributed by atoms with Gasteiger partial charge in [0, 0.05) is 12.6 Å². The lowest BCUT2D eigenvalue weighted by molar-refractivity contribution is 0.0246. The maximum absolute atomic E-state index is 11.7. The van der Waals surface area contributed by atoms with Crippen LogP contribution in [0.3, 0.4) is 0 Å². The molecule has 0 spiro atoms. The van der Waals surface area contributed by atoms with Crippen molar-refractivity contribution in [3.63, 3.8) is 0 Å². The van der Waals surface area contributed by atoms with Gasteiger partial charge >= 0.3 is 6.09 Å². The molecule has 2 heterocycles. The van der Waals surface area contributed by atoms with Crippen LogP contribution < -0.4 is 0 Å². The topological polar surface area (TPSA) is 29.5 Å². The van der Waals surface area contributed by atoms with Crippen LogP contribution in [0.2, 0.25) is 0 Å². The molecule has 3 rings (SSSR count). The van der Waals surface area contributed by atoms with E-state index in [0.717, 1.165) is 12.8 Å². The third kappa shape index (κ3) is 1.64. The monoisotopic (exact) mass is 184 g/mol. The summed E-state index contributed by atoms with van der Waals surface area (Å²) < 4.78 is 13.2. The second-order valence-electron chi connectivity index (χ2n) is 4.93. The van der Waals surface area contributed by atoms with Crippen LogP contribution in [0.15, 0.2) is 0 Å². The highest BCUT2D eigenvalue weighted by Crippen LogP contribution is 2.41. The van der Waals surface area contributed by atoms with Crippen molar-refractivity contribution in [3.05, 3.63) is 0 Å². The van der Waals surface area contributed by atoms with E-state index in [1.807, 2.05) is 20.8 Å². The maximum Gasteiger partial charge on any atom is 0.410 e. The van der Waals surface area contributed by atoms with Crippen molar-refractivity contribution in [1.82, 2.24) is 4.90 Å². The quantitative estimate of drug-likeness (QED) is 0.576. The van der Waals surface area contributed by atoms with Crippen LogP contribution in [0.1, 0.15) is 35.0 Å². The molecule has 3 aliphatic rings. The summed E-state index contributed by atoms with van der Waals surface area (Å²) in [5.74, 6) is 0.542. The van der Waals surface area contributed by atoms with Gasteiger partial charge in [0.2, 0.25) is 0 Å². The van der Waals surface area contributed by atoms with Crippen molar-refractivity contribution in [3.8, 4) is 0 Å². The Balaban J connectivity index is 2.00. The molecule has 2 bridgehead atoms. The molecule has 2 saturated heterocycles. The lowest BCUT2D eigenvalue weighted by Crippen LogP contribution is -2.38. The van der Waals surface area contributed by atoms with Gasteiger partial charge in [-0.25, -0.2) is 4.79 Å². The Kier molecular flexibility index (Phi) is 1.55. The van der Waals surface area contributed by atoms with Gasteiger partial charge in [0.25, 0.3) is 0 Å². The van der Waals surface area contributed by atoms with Crippen molar-refractivity contribution < 1.29 is 10.9 Å². The van der Waals surface area contributed by atoms with Gasteiger partial charge in [-0.15, -0.1) is 0 Å². The van der Waals surface area contributed by atoms with Crippen molar-refractivity contribution in [2.75, 3.05) is 6.54 Å². The molecule has 13 heavy (non-hydrogen) atoms. The molecule has 3 nitrogen and oxygen atoms in total. The first-order chi connectivity index (χ1) is 6.30. The first kappa shape index (κ1) is 7.65. The predicted octanol–water partition coefficient (Wildman–Crippen LogP) is 2.02. The molecule has 0 aromatic heterocycles. The van der Waals surface area contributed by atoms with Gasteiger partial charge in [0.05, 0.1) is 1.37 Å². The molecule has 0 aromatic carbocycles. The number of nitrogens with zero attached hydrogens (tertiary/aromatic N) is 1. The fourth-order valence-corrected chi connectivity index (χ4v) is 1.86. The summed E-state index contributed by atoms with van der Waals surface area (Å²) in [7, 11) is 0. The molecule has 0 unspecified atom stereocenters. The van der Waals surface area contributed by atoms with Crippen molar-refractivity contribution >= 4 is 6.09 Å². The second-order valence-corrected chi connectivity index (χ2v) is 4.93. The number of fused-ring (bicyclic) bond motifs is 1. The number of hydrogen-bond acceptors (Lipinski definition) is 2. The largest absolute Gasteiger partial charge is 0.444 e. The molecule has 2 aliphatic heterocycles. The molecule has 0 aromatic rings. The van der Waals surface area contributed by atoms with Crippen molar-refractivity contribution in [1.29, 1.82) is 0 Å². The first-order valence-corrected chi connectivity index (χ1v) is 4.81. The van der Waals surface area contributed by atoms with Crippen molar-refractivity contribution in [2.24, 2.45) is 5.92 Å². The lowest BCUT2D eigenvalue weighted by atomic mass is 9.86. The Bertz CT molecular complexity index is 266. The molecule has 1 amide bonds. The van der Waals surface area contributed by atoms with Gasteiger partial charge in [-0.2, -0.15) is 0 Å². The van der Waals surface area contributed by atoms with Crippen LogP contribution in [0.25, 0.3) is 0 Å². The van der Waals surface area contributed by atoms with E-state index in [4.69, 9.17) is 6.11 Å². The zero-order valence-electron chi connectivity index (χ0n) is 9.46. The molecule has 0 N–H and O–H groups in total. The van der Waals surface area contributed by atoms with Crippen LogP contribution in [-0.2, 0) is 4.74 Å². The van der Waals surface area contributed by atoms with Gasteiger partial charge in [-0.1, -0.05) is 0 Å². The molecule has 0 radical (unpaired) electrons. The minimum atomic E-state index is -0.646. The van der Waals surface area contributed by atoms with E-state index >= 15 is 0 Å².